The Hall–Kier alpha value is -0.0800. The van der Waals surface area contributed by atoms with Crippen LogP contribution in [0.4, 0.5) is 0 Å². The van der Waals surface area contributed by atoms with Crippen LogP contribution in [0.3, 0.4) is 0 Å². The fraction of sp³-hybridized carbons (Fsp3) is 1.00. The van der Waals surface area contributed by atoms with E-state index in [1.165, 1.54) is 25.7 Å². The Bertz CT molecular complexity index is 238. The van der Waals surface area contributed by atoms with E-state index in [1.807, 2.05) is 0 Å². The van der Waals surface area contributed by atoms with Gasteiger partial charge in [-0.1, -0.05) is 20.8 Å². The summed E-state index contributed by atoms with van der Waals surface area (Å²) in [6.45, 7) is 11.4. The molecule has 0 aromatic heterocycles. The average molecular weight is 239 g/mol. The first kappa shape index (κ1) is 13.4. The molecule has 2 nitrogen and oxygen atoms in total. The monoisotopic (exact) mass is 239 g/mol. The smallest absolute Gasteiger partial charge is 0.0731 e. The van der Waals surface area contributed by atoms with Crippen LogP contribution in [-0.2, 0) is 4.74 Å². The number of hydrogen-bond acceptors (Lipinski definition) is 2. The molecule has 0 bridgehead atoms. The van der Waals surface area contributed by atoms with Gasteiger partial charge in [0.05, 0.1) is 12.2 Å². The summed E-state index contributed by atoms with van der Waals surface area (Å²) in [4.78, 5) is 0. The van der Waals surface area contributed by atoms with Gasteiger partial charge in [-0.15, -0.1) is 0 Å². The van der Waals surface area contributed by atoms with Gasteiger partial charge in [-0.25, -0.2) is 0 Å². The van der Waals surface area contributed by atoms with Gasteiger partial charge in [-0.3, -0.25) is 0 Å². The Morgan fingerprint density at radius 2 is 1.65 bits per heavy atom. The summed E-state index contributed by atoms with van der Waals surface area (Å²) in [6.07, 6.45) is 6.38. The molecule has 1 N–H and O–H groups in total. The molecular weight excluding hydrogens is 210 g/mol. The van der Waals surface area contributed by atoms with Crippen molar-refractivity contribution in [3.63, 3.8) is 0 Å². The first-order chi connectivity index (χ1) is 7.97. The van der Waals surface area contributed by atoms with E-state index in [0.29, 0.717) is 17.6 Å². The summed E-state index contributed by atoms with van der Waals surface area (Å²) in [5.74, 6) is 1.71. The maximum atomic E-state index is 6.08. The number of hydrogen-bond donors (Lipinski definition) is 1. The minimum Gasteiger partial charge on any atom is -0.372 e. The number of nitrogens with one attached hydrogen (secondary N) is 1. The first-order valence-electron chi connectivity index (χ1n) is 7.33. The van der Waals surface area contributed by atoms with Crippen molar-refractivity contribution in [3.8, 4) is 0 Å². The number of rotatable bonds is 1. The molecule has 2 rings (SSSR count). The largest absolute Gasteiger partial charge is 0.372 e. The Morgan fingerprint density at radius 3 is 2.18 bits per heavy atom. The highest BCUT2D eigenvalue weighted by molar-refractivity contribution is 4.86. The van der Waals surface area contributed by atoms with E-state index in [0.717, 1.165) is 24.9 Å². The predicted molar refractivity (Wildman–Crippen MR) is 72.1 cm³/mol. The van der Waals surface area contributed by atoms with Gasteiger partial charge >= 0.3 is 0 Å². The van der Waals surface area contributed by atoms with Gasteiger partial charge in [0.25, 0.3) is 0 Å². The van der Waals surface area contributed by atoms with Crippen LogP contribution in [0.1, 0.15) is 53.4 Å². The van der Waals surface area contributed by atoms with Crippen molar-refractivity contribution in [3.05, 3.63) is 0 Å². The van der Waals surface area contributed by atoms with Crippen LogP contribution in [-0.4, -0.2) is 25.3 Å². The third-order valence-corrected chi connectivity index (χ3v) is 4.71. The molecule has 2 unspecified atom stereocenters. The second-order valence-corrected chi connectivity index (χ2v) is 7.12. The maximum absolute atomic E-state index is 6.08. The summed E-state index contributed by atoms with van der Waals surface area (Å²) in [6, 6.07) is 0. The zero-order valence-electron chi connectivity index (χ0n) is 12.0. The molecular formula is C15H29NO. The fourth-order valence-corrected chi connectivity index (χ4v) is 3.46. The lowest BCUT2D eigenvalue weighted by Gasteiger charge is -2.41. The lowest BCUT2D eigenvalue weighted by Crippen LogP contribution is -2.47. The zero-order valence-corrected chi connectivity index (χ0v) is 12.0. The summed E-state index contributed by atoms with van der Waals surface area (Å²) >= 11 is 0. The standard InChI is InChI=1S/C15H29NO/c1-11-9-16-10-14(17-11)12-5-7-13(8-6-12)15(2,3)4/h11-14,16H,5-10H2,1-4H3. The molecule has 1 heterocycles. The molecule has 0 aromatic rings. The molecule has 2 aliphatic rings. The lowest BCUT2D eigenvalue weighted by atomic mass is 9.69. The summed E-state index contributed by atoms with van der Waals surface area (Å²) in [5, 5.41) is 3.50. The third kappa shape index (κ3) is 3.45. The molecule has 0 spiro atoms. The van der Waals surface area contributed by atoms with Gasteiger partial charge in [-0.05, 0) is 49.9 Å². The van der Waals surface area contributed by atoms with Crippen molar-refractivity contribution in [2.24, 2.45) is 17.3 Å². The van der Waals surface area contributed by atoms with E-state index in [4.69, 9.17) is 4.74 Å². The molecule has 1 saturated carbocycles. The Balaban J connectivity index is 1.82. The van der Waals surface area contributed by atoms with Crippen LogP contribution in [0.5, 0.6) is 0 Å². The van der Waals surface area contributed by atoms with Gasteiger partial charge in [0, 0.05) is 13.1 Å². The molecule has 2 atom stereocenters. The second-order valence-electron chi connectivity index (χ2n) is 7.12. The van der Waals surface area contributed by atoms with E-state index in [1.54, 1.807) is 0 Å². The van der Waals surface area contributed by atoms with E-state index >= 15 is 0 Å². The third-order valence-electron chi connectivity index (χ3n) is 4.71. The topological polar surface area (TPSA) is 21.3 Å². The Kier molecular flexibility index (Phi) is 4.14. The molecule has 100 valence electrons. The van der Waals surface area contributed by atoms with Gasteiger partial charge in [-0.2, -0.15) is 0 Å². The molecule has 0 radical (unpaired) electrons. The molecule has 1 aliphatic heterocycles. The predicted octanol–water partition coefficient (Wildman–Crippen LogP) is 3.22. The molecule has 0 amide bonds. The molecule has 1 aliphatic carbocycles. The highest BCUT2D eigenvalue weighted by Crippen LogP contribution is 2.41. The van der Waals surface area contributed by atoms with Crippen LogP contribution < -0.4 is 5.32 Å². The van der Waals surface area contributed by atoms with Gasteiger partial charge in [0.1, 0.15) is 0 Å². The van der Waals surface area contributed by atoms with Crippen LogP contribution in [0.25, 0.3) is 0 Å². The highest BCUT2D eigenvalue weighted by Gasteiger charge is 2.34. The van der Waals surface area contributed by atoms with Crippen molar-refractivity contribution in [2.45, 2.75) is 65.6 Å². The number of morpholine rings is 1. The Morgan fingerprint density at radius 1 is 1.00 bits per heavy atom. The van der Waals surface area contributed by atoms with Crippen LogP contribution in [0.2, 0.25) is 0 Å². The highest BCUT2D eigenvalue weighted by atomic mass is 16.5. The molecule has 17 heavy (non-hydrogen) atoms. The maximum Gasteiger partial charge on any atom is 0.0731 e. The van der Waals surface area contributed by atoms with Crippen molar-refractivity contribution in [1.82, 2.24) is 5.32 Å². The molecule has 2 fully saturated rings. The average Bonchev–Trinajstić information content (AvgIpc) is 2.28. The van der Waals surface area contributed by atoms with E-state index < -0.39 is 0 Å². The van der Waals surface area contributed by atoms with Crippen molar-refractivity contribution >= 4 is 0 Å². The minimum atomic E-state index is 0.397. The SMILES string of the molecule is CC1CNCC(C2CCC(C(C)(C)C)CC2)O1. The van der Waals surface area contributed by atoms with Crippen molar-refractivity contribution in [2.75, 3.05) is 13.1 Å². The summed E-state index contributed by atoms with van der Waals surface area (Å²) in [5.41, 5.74) is 0.490. The lowest BCUT2D eigenvalue weighted by molar-refractivity contribution is -0.0698. The molecule has 1 saturated heterocycles. The van der Waals surface area contributed by atoms with Crippen LogP contribution in [0, 0.1) is 17.3 Å². The quantitative estimate of drug-likeness (QED) is 0.758. The van der Waals surface area contributed by atoms with Gasteiger partial charge in [0.2, 0.25) is 0 Å². The van der Waals surface area contributed by atoms with Crippen LogP contribution >= 0.6 is 0 Å². The van der Waals surface area contributed by atoms with E-state index in [9.17, 15) is 0 Å². The van der Waals surface area contributed by atoms with Crippen molar-refractivity contribution in [1.29, 1.82) is 0 Å². The molecule has 0 aromatic carbocycles. The van der Waals surface area contributed by atoms with Gasteiger partial charge < -0.3 is 10.1 Å². The summed E-state index contributed by atoms with van der Waals surface area (Å²) < 4.78 is 6.08. The normalized spacial score (nSPS) is 40.2. The van der Waals surface area contributed by atoms with E-state index in [2.05, 4.69) is 33.0 Å². The van der Waals surface area contributed by atoms with Crippen LogP contribution in [0.15, 0.2) is 0 Å². The Labute approximate surface area is 107 Å². The fourth-order valence-electron chi connectivity index (χ4n) is 3.46. The minimum absolute atomic E-state index is 0.397. The first-order valence-corrected chi connectivity index (χ1v) is 7.33. The summed E-state index contributed by atoms with van der Waals surface area (Å²) in [7, 11) is 0. The zero-order chi connectivity index (χ0) is 12.5. The number of ether oxygens (including phenoxy) is 1. The molecule has 2 heteroatoms. The second kappa shape index (κ2) is 5.27. The van der Waals surface area contributed by atoms with Gasteiger partial charge in [0.15, 0.2) is 0 Å². The van der Waals surface area contributed by atoms with Crippen molar-refractivity contribution < 1.29 is 4.74 Å². The van der Waals surface area contributed by atoms with E-state index in [-0.39, 0.29) is 0 Å².